The summed E-state index contributed by atoms with van der Waals surface area (Å²) in [5.41, 5.74) is 2.51. The van der Waals surface area contributed by atoms with Gasteiger partial charge in [-0.2, -0.15) is 0 Å². The lowest BCUT2D eigenvalue weighted by atomic mass is 9.93. The minimum absolute atomic E-state index is 0.116. The van der Waals surface area contributed by atoms with E-state index in [1.807, 2.05) is 0 Å². The van der Waals surface area contributed by atoms with E-state index in [2.05, 4.69) is 31.3 Å². The van der Waals surface area contributed by atoms with Crippen LogP contribution in [-0.2, 0) is 4.74 Å². The Morgan fingerprint density at radius 3 is 2.67 bits per heavy atom. The molecule has 1 atom stereocenters. The zero-order chi connectivity index (χ0) is 12.5. The quantitative estimate of drug-likeness (QED) is 0.872. The number of nitrogens with one attached hydrogen (secondary N) is 1. The Morgan fingerprint density at radius 1 is 1.22 bits per heavy atom. The third kappa shape index (κ3) is 2.06. The van der Waals surface area contributed by atoms with Crippen LogP contribution in [0.25, 0.3) is 0 Å². The van der Waals surface area contributed by atoms with Crippen molar-refractivity contribution >= 4 is 0 Å². The van der Waals surface area contributed by atoms with Gasteiger partial charge in [0.2, 0.25) is 6.79 Å². The third-order valence-corrected chi connectivity index (χ3v) is 3.47. The zero-order valence-electron chi connectivity index (χ0n) is 10.9. The molecule has 98 valence electrons. The number of ether oxygens (including phenoxy) is 3. The first-order valence-corrected chi connectivity index (χ1v) is 6.51. The average Bonchev–Trinajstić information content (AvgIpc) is 2.85. The van der Waals surface area contributed by atoms with Crippen LogP contribution in [0.5, 0.6) is 11.5 Å². The molecule has 18 heavy (non-hydrogen) atoms. The molecule has 2 aliphatic rings. The zero-order valence-corrected chi connectivity index (χ0v) is 10.9. The molecule has 1 N–H and O–H groups in total. The van der Waals surface area contributed by atoms with Crippen LogP contribution >= 0.6 is 0 Å². The number of rotatable bonds is 2. The lowest BCUT2D eigenvalue weighted by Gasteiger charge is -2.27. The topological polar surface area (TPSA) is 39.7 Å². The van der Waals surface area contributed by atoms with Gasteiger partial charge in [0.05, 0.1) is 12.7 Å². The molecule has 0 saturated carbocycles. The summed E-state index contributed by atoms with van der Waals surface area (Å²) in [6.07, 6.45) is 0.116. The Labute approximate surface area is 107 Å². The van der Waals surface area contributed by atoms with E-state index in [-0.39, 0.29) is 6.10 Å². The standard InChI is InChI=1S/C14H19NO3/c1-9(2)10-5-12-13(18-8-17-12)6-11(10)14-7-15-3-4-16-14/h5-6,9,14-15H,3-4,7-8H2,1-2H3. The molecule has 1 fully saturated rings. The summed E-state index contributed by atoms with van der Waals surface area (Å²) in [5.74, 6) is 2.13. The van der Waals surface area contributed by atoms with Crippen LogP contribution in [0, 0.1) is 0 Å². The molecule has 0 aromatic heterocycles. The van der Waals surface area contributed by atoms with Gasteiger partial charge in [0.25, 0.3) is 0 Å². The maximum atomic E-state index is 5.86. The van der Waals surface area contributed by atoms with Gasteiger partial charge in [0.15, 0.2) is 11.5 Å². The molecule has 0 spiro atoms. The van der Waals surface area contributed by atoms with E-state index in [0.29, 0.717) is 12.7 Å². The monoisotopic (exact) mass is 249 g/mol. The van der Waals surface area contributed by atoms with Crippen LogP contribution in [0.15, 0.2) is 12.1 Å². The average molecular weight is 249 g/mol. The molecule has 2 heterocycles. The molecule has 1 unspecified atom stereocenters. The second-order valence-electron chi connectivity index (χ2n) is 5.05. The first-order valence-electron chi connectivity index (χ1n) is 6.51. The predicted molar refractivity (Wildman–Crippen MR) is 68.2 cm³/mol. The highest BCUT2D eigenvalue weighted by atomic mass is 16.7. The van der Waals surface area contributed by atoms with Gasteiger partial charge < -0.3 is 19.5 Å². The van der Waals surface area contributed by atoms with Crippen molar-refractivity contribution < 1.29 is 14.2 Å². The number of hydrogen-bond acceptors (Lipinski definition) is 4. The molecular formula is C14H19NO3. The second kappa shape index (κ2) is 4.78. The number of benzene rings is 1. The molecule has 1 aromatic carbocycles. The van der Waals surface area contributed by atoms with Gasteiger partial charge in [-0.25, -0.2) is 0 Å². The van der Waals surface area contributed by atoms with Crippen LogP contribution in [0.3, 0.4) is 0 Å². The van der Waals surface area contributed by atoms with Crippen LogP contribution in [0.4, 0.5) is 0 Å². The summed E-state index contributed by atoms with van der Waals surface area (Å²) < 4.78 is 16.8. The predicted octanol–water partition coefficient (Wildman–Crippen LogP) is 2.20. The Balaban J connectivity index is 2.00. The second-order valence-corrected chi connectivity index (χ2v) is 5.05. The van der Waals surface area contributed by atoms with Crippen molar-refractivity contribution in [1.29, 1.82) is 0 Å². The fourth-order valence-corrected chi connectivity index (χ4v) is 2.52. The van der Waals surface area contributed by atoms with Gasteiger partial charge in [-0.05, 0) is 29.2 Å². The molecule has 1 aromatic rings. The van der Waals surface area contributed by atoms with Crippen molar-refractivity contribution in [2.45, 2.75) is 25.9 Å². The molecule has 0 aliphatic carbocycles. The summed E-state index contributed by atoms with van der Waals surface area (Å²) in [5, 5.41) is 3.37. The van der Waals surface area contributed by atoms with Gasteiger partial charge in [0, 0.05) is 13.1 Å². The Hall–Kier alpha value is -1.26. The molecule has 4 heteroatoms. The molecule has 0 radical (unpaired) electrons. The fraction of sp³-hybridized carbons (Fsp3) is 0.571. The lowest BCUT2D eigenvalue weighted by Crippen LogP contribution is -2.33. The van der Waals surface area contributed by atoms with E-state index >= 15 is 0 Å². The van der Waals surface area contributed by atoms with Crippen LogP contribution in [0.2, 0.25) is 0 Å². The van der Waals surface area contributed by atoms with Crippen molar-refractivity contribution in [1.82, 2.24) is 5.32 Å². The lowest BCUT2D eigenvalue weighted by molar-refractivity contribution is 0.0269. The van der Waals surface area contributed by atoms with Crippen molar-refractivity contribution in [3.05, 3.63) is 23.3 Å². The Bertz CT molecular complexity index is 439. The maximum Gasteiger partial charge on any atom is 0.231 e. The highest BCUT2D eigenvalue weighted by Gasteiger charge is 2.25. The van der Waals surface area contributed by atoms with Crippen molar-refractivity contribution in [3.8, 4) is 11.5 Å². The summed E-state index contributed by atoms with van der Waals surface area (Å²) in [6, 6.07) is 4.18. The normalized spacial score (nSPS) is 22.5. The van der Waals surface area contributed by atoms with E-state index in [4.69, 9.17) is 14.2 Å². The van der Waals surface area contributed by atoms with Crippen molar-refractivity contribution in [2.24, 2.45) is 0 Å². The minimum Gasteiger partial charge on any atom is -0.454 e. The van der Waals surface area contributed by atoms with E-state index < -0.39 is 0 Å². The molecule has 3 rings (SSSR count). The Morgan fingerprint density at radius 2 is 2.00 bits per heavy atom. The summed E-state index contributed by atoms with van der Waals surface area (Å²) in [4.78, 5) is 0. The number of fused-ring (bicyclic) bond motifs is 1. The molecule has 0 bridgehead atoms. The fourth-order valence-electron chi connectivity index (χ4n) is 2.52. The summed E-state index contributed by atoms with van der Waals surface area (Å²) in [6.45, 7) is 7.25. The van der Waals surface area contributed by atoms with Crippen LogP contribution in [0.1, 0.15) is 37.0 Å². The number of morpholine rings is 1. The number of hydrogen-bond donors (Lipinski definition) is 1. The molecule has 1 saturated heterocycles. The van der Waals surface area contributed by atoms with Gasteiger partial charge in [0.1, 0.15) is 0 Å². The third-order valence-electron chi connectivity index (χ3n) is 3.47. The van der Waals surface area contributed by atoms with Crippen molar-refractivity contribution in [3.63, 3.8) is 0 Å². The van der Waals surface area contributed by atoms with E-state index in [1.165, 1.54) is 11.1 Å². The molecule has 4 nitrogen and oxygen atoms in total. The van der Waals surface area contributed by atoms with E-state index in [9.17, 15) is 0 Å². The largest absolute Gasteiger partial charge is 0.454 e. The van der Waals surface area contributed by atoms with E-state index in [0.717, 1.165) is 31.2 Å². The van der Waals surface area contributed by atoms with Gasteiger partial charge in [-0.15, -0.1) is 0 Å². The summed E-state index contributed by atoms with van der Waals surface area (Å²) >= 11 is 0. The summed E-state index contributed by atoms with van der Waals surface area (Å²) in [7, 11) is 0. The maximum absolute atomic E-state index is 5.86. The van der Waals surface area contributed by atoms with Gasteiger partial charge in [-0.1, -0.05) is 13.8 Å². The highest BCUT2D eigenvalue weighted by molar-refractivity contribution is 5.50. The van der Waals surface area contributed by atoms with Crippen LogP contribution < -0.4 is 14.8 Å². The first-order chi connectivity index (χ1) is 8.75. The van der Waals surface area contributed by atoms with E-state index in [1.54, 1.807) is 0 Å². The molecule has 2 aliphatic heterocycles. The smallest absolute Gasteiger partial charge is 0.231 e. The SMILES string of the molecule is CC(C)c1cc2c(cc1C1CNCCO1)OCO2. The molecular weight excluding hydrogens is 230 g/mol. The van der Waals surface area contributed by atoms with Crippen LogP contribution in [-0.4, -0.2) is 26.5 Å². The molecule has 0 amide bonds. The van der Waals surface area contributed by atoms with Crippen molar-refractivity contribution in [2.75, 3.05) is 26.5 Å². The van der Waals surface area contributed by atoms with Gasteiger partial charge >= 0.3 is 0 Å². The minimum atomic E-state index is 0.116. The van der Waals surface area contributed by atoms with Gasteiger partial charge in [-0.3, -0.25) is 0 Å². The Kier molecular flexibility index (Phi) is 3.14. The first kappa shape index (κ1) is 11.8. The highest BCUT2D eigenvalue weighted by Crippen LogP contribution is 2.40.